The van der Waals surface area contributed by atoms with Gasteiger partial charge >= 0.3 is 0 Å². The Morgan fingerprint density at radius 3 is 2.41 bits per heavy atom. The fourth-order valence-corrected chi connectivity index (χ4v) is 5.07. The number of nitrogens with one attached hydrogen (secondary N) is 2. The van der Waals surface area contributed by atoms with Crippen LogP contribution < -0.4 is 10.9 Å². The minimum absolute atomic E-state index is 0.0877. The highest BCUT2D eigenvalue weighted by Gasteiger charge is 2.27. The molecule has 0 unspecified atom stereocenters. The molecule has 1 aliphatic rings. The van der Waals surface area contributed by atoms with Gasteiger partial charge in [-0.2, -0.15) is 4.31 Å². The monoisotopic (exact) mass is 407 g/mol. The number of thiophene rings is 1. The Bertz CT molecular complexity index is 934. The first-order valence-electron chi connectivity index (χ1n) is 8.64. The number of amides is 2. The second-order valence-corrected chi connectivity index (χ2v) is 9.21. The highest BCUT2D eigenvalue weighted by Crippen LogP contribution is 2.22. The van der Waals surface area contributed by atoms with Crippen molar-refractivity contribution in [2.75, 3.05) is 13.1 Å². The van der Waals surface area contributed by atoms with Crippen LogP contribution in [0.25, 0.3) is 0 Å². The molecule has 1 aromatic heterocycles. The Labute approximate surface area is 162 Å². The summed E-state index contributed by atoms with van der Waals surface area (Å²) < 4.78 is 27.1. The Morgan fingerprint density at radius 1 is 1.04 bits per heavy atom. The van der Waals surface area contributed by atoms with E-state index in [0.29, 0.717) is 23.5 Å². The number of aryl methyl sites for hydroxylation is 1. The molecule has 0 bridgehead atoms. The molecule has 0 saturated carbocycles. The minimum atomic E-state index is -3.63. The van der Waals surface area contributed by atoms with E-state index in [1.807, 2.05) is 0 Å². The number of carbonyl (C=O) groups excluding carboxylic acids is 2. The SMILES string of the molecule is Cc1ccc(S(=O)(=O)N2CCCCC2)cc1C(=O)NNC(=O)c1cccs1. The van der Waals surface area contributed by atoms with Crippen molar-refractivity contribution in [3.8, 4) is 0 Å². The average molecular weight is 408 g/mol. The van der Waals surface area contributed by atoms with Crippen molar-refractivity contribution in [2.24, 2.45) is 0 Å². The summed E-state index contributed by atoms with van der Waals surface area (Å²) in [5.41, 5.74) is 5.52. The molecule has 9 heteroatoms. The standard InChI is InChI=1S/C18H21N3O4S2/c1-13-7-8-14(27(24,25)21-9-3-2-4-10-21)12-15(13)17(22)19-20-18(23)16-6-5-11-26-16/h5-8,11-12H,2-4,9-10H2,1H3,(H,19,22)(H,20,23). The van der Waals surface area contributed by atoms with Gasteiger partial charge in [0, 0.05) is 18.7 Å². The third-order valence-electron chi connectivity index (χ3n) is 4.44. The van der Waals surface area contributed by atoms with Gasteiger partial charge in [0.05, 0.1) is 9.77 Å². The first kappa shape index (κ1) is 19.5. The number of nitrogens with zero attached hydrogens (tertiary/aromatic N) is 1. The van der Waals surface area contributed by atoms with Crippen LogP contribution in [0.5, 0.6) is 0 Å². The molecule has 7 nitrogen and oxygen atoms in total. The molecule has 0 radical (unpaired) electrons. The topological polar surface area (TPSA) is 95.6 Å². The van der Waals surface area contributed by atoms with Gasteiger partial charge in [0.2, 0.25) is 10.0 Å². The number of hydrogen-bond donors (Lipinski definition) is 2. The van der Waals surface area contributed by atoms with E-state index in [1.54, 1.807) is 30.5 Å². The molecule has 144 valence electrons. The van der Waals surface area contributed by atoms with Crippen molar-refractivity contribution in [1.29, 1.82) is 0 Å². The largest absolute Gasteiger partial charge is 0.279 e. The van der Waals surface area contributed by atoms with Crippen molar-refractivity contribution < 1.29 is 18.0 Å². The number of hydrogen-bond acceptors (Lipinski definition) is 5. The lowest BCUT2D eigenvalue weighted by molar-refractivity contribution is 0.0848. The summed E-state index contributed by atoms with van der Waals surface area (Å²) in [6.07, 6.45) is 2.71. The van der Waals surface area contributed by atoms with Gasteiger partial charge in [-0.25, -0.2) is 8.42 Å². The summed E-state index contributed by atoms with van der Waals surface area (Å²) >= 11 is 1.26. The first-order valence-corrected chi connectivity index (χ1v) is 11.0. The van der Waals surface area contributed by atoms with E-state index in [1.165, 1.54) is 27.8 Å². The van der Waals surface area contributed by atoms with E-state index < -0.39 is 21.8 Å². The van der Waals surface area contributed by atoms with Crippen LogP contribution in [0.3, 0.4) is 0 Å². The zero-order valence-corrected chi connectivity index (χ0v) is 16.5. The first-order chi connectivity index (χ1) is 12.9. The van der Waals surface area contributed by atoms with Gasteiger partial charge in [-0.15, -0.1) is 11.3 Å². The number of hydrazine groups is 1. The highest BCUT2D eigenvalue weighted by atomic mass is 32.2. The molecule has 2 amide bonds. The van der Waals surface area contributed by atoms with Gasteiger partial charge in [-0.05, 0) is 48.9 Å². The normalized spacial score (nSPS) is 15.3. The summed E-state index contributed by atoms with van der Waals surface area (Å²) in [6.45, 7) is 2.70. The van der Waals surface area contributed by atoms with Crippen molar-refractivity contribution in [3.05, 3.63) is 51.7 Å². The second-order valence-electron chi connectivity index (χ2n) is 6.33. The summed E-state index contributed by atoms with van der Waals surface area (Å²) in [5, 5.41) is 1.76. The highest BCUT2D eigenvalue weighted by molar-refractivity contribution is 7.89. The molecule has 0 atom stereocenters. The van der Waals surface area contributed by atoms with Crippen molar-refractivity contribution in [1.82, 2.24) is 15.2 Å². The lowest BCUT2D eigenvalue weighted by Crippen LogP contribution is -2.41. The minimum Gasteiger partial charge on any atom is -0.267 e. The van der Waals surface area contributed by atoms with E-state index in [-0.39, 0.29) is 10.5 Å². The smallest absolute Gasteiger partial charge is 0.267 e. The number of carbonyl (C=O) groups is 2. The molecule has 0 spiro atoms. The molecule has 27 heavy (non-hydrogen) atoms. The summed E-state index contributed by atoms with van der Waals surface area (Å²) in [4.78, 5) is 25.0. The second kappa shape index (κ2) is 8.20. The van der Waals surface area contributed by atoms with Gasteiger partial charge in [0.15, 0.2) is 0 Å². The summed E-state index contributed by atoms with van der Waals surface area (Å²) in [6, 6.07) is 7.86. The van der Waals surface area contributed by atoms with Crippen LogP contribution in [-0.2, 0) is 10.0 Å². The van der Waals surface area contributed by atoms with Crippen LogP contribution in [0, 0.1) is 6.92 Å². The Balaban J connectivity index is 1.76. The van der Waals surface area contributed by atoms with E-state index in [0.717, 1.165) is 19.3 Å². The van der Waals surface area contributed by atoms with Crippen molar-refractivity contribution >= 4 is 33.2 Å². The Kier molecular flexibility index (Phi) is 5.93. The molecule has 1 aliphatic heterocycles. The van der Waals surface area contributed by atoms with Gasteiger partial charge in [0.1, 0.15) is 0 Å². The number of sulfonamides is 1. The van der Waals surface area contributed by atoms with Crippen LogP contribution >= 0.6 is 11.3 Å². The Morgan fingerprint density at radius 2 is 1.74 bits per heavy atom. The molecule has 2 heterocycles. The van der Waals surface area contributed by atoms with Crippen molar-refractivity contribution in [2.45, 2.75) is 31.1 Å². The number of piperidine rings is 1. The predicted octanol–water partition coefficient (Wildman–Crippen LogP) is 2.31. The van der Waals surface area contributed by atoms with Gasteiger partial charge in [-0.1, -0.05) is 18.6 Å². The maximum Gasteiger partial charge on any atom is 0.279 e. The van der Waals surface area contributed by atoms with Crippen LogP contribution in [-0.4, -0.2) is 37.6 Å². The van der Waals surface area contributed by atoms with Gasteiger partial charge < -0.3 is 0 Å². The molecule has 2 N–H and O–H groups in total. The predicted molar refractivity (Wildman–Crippen MR) is 103 cm³/mol. The zero-order valence-electron chi connectivity index (χ0n) is 14.9. The van der Waals surface area contributed by atoms with Crippen molar-refractivity contribution in [3.63, 3.8) is 0 Å². The van der Waals surface area contributed by atoms with E-state index >= 15 is 0 Å². The van der Waals surface area contributed by atoms with E-state index in [9.17, 15) is 18.0 Å². The molecule has 2 aromatic rings. The maximum absolute atomic E-state index is 12.8. The molecule has 3 rings (SSSR count). The third-order valence-corrected chi connectivity index (χ3v) is 7.20. The molecular formula is C18H21N3O4S2. The van der Waals surface area contributed by atoms with E-state index in [4.69, 9.17) is 0 Å². The average Bonchev–Trinajstić information content (AvgIpc) is 3.21. The molecule has 0 aliphatic carbocycles. The van der Waals surface area contributed by atoms with Crippen LogP contribution in [0.4, 0.5) is 0 Å². The van der Waals surface area contributed by atoms with E-state index in [2.05, 4.69) is 10.9 Å². The number of rotatable bonds is 4. The fourth-order valence-electron chi connectivity index (χ4n) is 2.91. The van der Waals surface area contributed by atoms with Gasteiger partial charge in [-0.3, -0.25) is 20.4 Å². The van der Waals surface area contributed by atoms with Crippen LogP contribution in [0.2, 0.25) is 0 Å². The summed E-state index contributed by atoms with van der Waals surface area (Å²) in [7, 11) is -3.63. The van der Waals surface area contributed by atoms with Crippen LogP contribution in [0.1, 0.15) is 44.9 Å². The quantitative estimate of drug-likeness (QED) is 0.760. The lowest BCUT2D eigenvalue weighted by Gasteiger charge is -2.26. The maximum atomic E-state index is 12.8. The fraction of sp³-hybridized carbons (Fsp3) is 0.333. The molecular weight excluding hydrogens is 386 g/mol. The summed E-state index contributed by atoms with van der Waals surface area (Å²) in [5.74, 6) is -0.985. The lowest BCUT2D eigenvalue weighted by atomic mass is 10.1. The zero-order chi connectivity index (χ0) is 19.4. The molecule has 1 saturated heterocycles. The molecule has 1 aromatic carbocycles. The number of benzene rings is 1. The molecule has 1 fully saturated rings. The van der Waals surface area contributed by atoms with Gasteiger partial charge in [0.25, 0.3) is 11.8 Å². The Hall–Kier alpha value is -2.23. The third kappa shape index (κ3) is 4.37. The van der Waals surface area contributed by atoms with Crippen LogP contribution in [0.15, 0.2) is 40.6 Å².